The van der Waals surface area contributed by atoms with Gasteiger partial charge in [0.1, 0.15) is 6.04 Å². The van der Waals surface area contributed by atoms with E-state index < -0.39 is 6.04 Å². The topological polar surface area (TPSA) is 55.6 Å². The maximum absolute atomic E-state index is 12.4. The molecule has 0 unspecified atom stereocenters. The molecule has 1 fully saturated rings. The van der Waals surface area contributed by atoms with E-state index in [1.54, 1.807) is 7.11 Å². The third kappa shape index (κ3) is 3.55. The Labute approximate surface area is 114 Å². The number of methoxy groups -OCH3 is 1. The molecule has 0 aliphatic carbocycles. The van der Waals surface area contributed by atoms with Gasteiger partial charge < -0.3 is 15.4 Å². The molecular weight excluding hydrogens is 240 g/mol. The largest absolute Gasteiger partial charge is 0.384 e. The van der Waals surface area contributed by atoms with E-state index in [4.69, 9.17) is 10.5 Å². The highest BCUT2D eigenvalue weighted by molar-refractivity contribution is 5.83. The minimum atomic E-state index is -0.553. The van der Waals surface area contributed by atoms with Crippen LogP contribution >= 0.6 is 0 Å². The van der Waals surface area contributed by atoms with E-state index >= 15 is 0 Å². The SMILES string of the molecule is COC[C@@H]1CCCN(C(=O)[C@H](N)c2ccccc2)C1. The number of carbonyl (C=O) groups is 1. The molecule has 2 N–H and O–H groups in total. The highest BCUT2D eigenvalue weighted by Crippen LogP contribution is 2.20. The van der Waals surface area contributed by atoms with Crippen molar-refractivity contribution >= 4 is 5.91 Å². The second-order valence-electron chi connectivity index (χ2n) is 5.14. The number of carbonyl (C=O) groups excluding carboxylic acids is 1. The summed E-state index contributed by atoms with van der Waals surface area (Å²) in [6.45, 7) is 2.27. The Kier molecular flexibility index (Phi) is 4.93. The Balaban J connectivity index is 1.99. The lowest BCUT2D eigenvalue weighted by molar-refractivity contribution is -0.135. The first kappa shape index (κ1) is 14.0. The van der Waals surface area contributed by atoms with Crippen LogP contribution in [0.3, 0.4) is 0 Å². The molecule has 0 radical (unpaired) electrons. The second kappa shape index (κ2) is 6.68. The van der Waals surface area contributed by atoms with Crippen LogP contribution in [0.5, 0.6) is 0 Å². The van der Waals surface area contributed by atoms with Crippen LogP contribution in [0.25, 0.3) is 0 Å². The number of hydrogen-bond acceptors (Lipinski definition) is 3. The number of nitrogens with two attached hydrogens (primary N) is 1. The van der Waals surface area contributed by atoms with E-state index in [1.165, 1.54) is 0 Å². The van der Waals surface area contributed by atoms with Crippen molar-refractivity contribution in [1.82, 2.24) is 4.90 Å². The molecule has 0 bridgehead atoms. The van der Waals surface area contributed by atoms with Gasteiger partial charge in [-0.25, -0.2) is 0 Å². The van der Waals surface area contributed by atoms with Crippen molar-refractivity contribution in [3.63, 3.8) is 0 Å². The smallest absolute Gasteiger partial charge is 0.244 e. The van der Waals surface area contributed by atoms with E-state index in [0.717, 1.165) is 31.5 Å². The van der Waals surface area contributed by atoms with Crippen LogP contribution in [0, 0.1) is 5.92 Å². The van der Waals surface area contributed by atoms with Crippen molar-refractivity contribution in [3.8, 4) is 0 Å². The van der Waals surface area contributed by atoms with Gasteiger partial charge in [-0.05, 0) is 24.3 Å². The number of nitrogens with zero attached hydrogens (tertiary/aromatic N) is 1. The van der Waals surface area contributed by atoms with Gasteiger partial charge in [-0.15, -0.1) is 0 Å². The lowest BCUT2D eigenvalue weighted by atomic mass is 9.97. The molecule has 1 heterocycles. The van der Waals surface area contributed by atoms with Gasteiger partial charge in [0.15, 0.2) is 0 Å². The van der Waals surface area contributed by atoms with Crippen molar-refractivity contribution < 1.29 is 9.53 Å². The average molecular weight is 262 g/mol. The third-order valence-electron chi connectivity index (χ3n) is 3.66. The van der Waals surface area contributed by atoms with Crippen LogP contribution in [-0.4, -0.2) is 37.6 Å². The first-order chi connectivity index (χ1) is 9.22. The molecule has 1 amide bonds. The molecule has 2 atom stereocenters. The van der Waals surface area contributed by atoms with Crippen LogP contribution in [0.2, 0.25) is 0 Å². The number of likely N-dealkylation sites (tertiary alicyclic amines) is 1. The van der Waals surface area contributed by atoms with Crippen molar-refractivity contribution in [2.24, 2.45) is 11.7 Å². The van der Waals surface area contributed by atoms with Gasteiger partial charge in [0.25, 0.3) is 0 Å². The van der Waals surface area contributed by atoms with Gasteiger partial charge in [-0.1, -0.05) is 30.3 Å². The first-order valence-corrected chi connectivity index (χ1v) is 6.80. The first-order valence-electron chi connectivity index (χ1n) is 6.80. The molecule has 0 aromatic heterocycles. The van der Waals surface area contributed by atoms with E-state index in [1.807, 2.05) is 35.2 Å². The predicted octanol–water partition coefficient (Wildman–Crippen LogP) is 1.57. The molecule has 0 spiro atoms. The summed E-state index contributed by atoms with van der Waals surface area (Å²) in [4.78, 5) is 14.3. The van der Waals surface area contributed by atoms with Crippen molar-refractivity contribution in [2.75, 3.05) is 26.8 Å². The lowest BCUT2D eigenvalue weighted by Crippen LogP contribution is -2.45. The maximum atomic E-state index is 12.4. The zero-order valence-corrected chi connectivity index (χ0v) is 11.4. The molecule has 4 nitrogen and oxygen atoms in total. The minimum absolute atomic E-state index is 0.0204. The van der Waals surface area contributed by atoms with Crippen molar-refractivity contribution in [1.29, 1.82) is 0 Å². The molecule has 1 saturated heterocycles. The molecule has 1 aromatic rings. The van der Waals surface area contributed by atoms with Crippen LogP contribution < -0.4 is 5.73 Å². The Morgan fingerprint density at radius 3 is 2.89 bits per heavy atom. The summed E-state index contributed by atoms with van der Waals surface area (Å²) in [6, 6.07) is 9.00. The van der Waals surface area contributed by atoms with E-state index in [0.29, 0.717) is 12.5 Å². The van der Waals surface area contributed by atoms with Gasteiger partial charge in [0, 0.05) is 20.2 Å². The molecule has 2 rings (SSSR count). The zero-order valence-electron chi connectivity index (χ0n) is 11.4. The number of benzene rings is 1. The quantitative estimate of drug-likeness (QED) is 0.896. The molecule has 0 saturated carbocycles. The highest BCUT2D eigenvalue weighted by atomic mass is 16.5. The number of ether oxygens (including phenoxy) is 1. The van der Waals surface area contributed by atoms with Gasteiger partial charge >= 0.3 is 0 Å². The van der Waals surface area contributed by atoms with Crippen LogP contribution in [0.4, 0.5) is 0 Å². The fourth-order valence-electron chi connectivity index (χ4n) is 2.64. The minimum Gasteiger partial charge on any atom is -0.384 e. The Hall–Kier alpha value is -1.39. The maximum Gasteiger partial charge on any atom is 0.244 e. The normalized spacial score (nSPS) is 21.2. The highest BCUT2D eigenvalue weighted by Gasteiger charge is 2.27. The molecular formula is C15H22N2O2. The van der Waals surface area contributed by atoms with Gasteiger partial charge in [0.2, 0.25) is 5.91 Å². The summed E-state index contributed by atoms with van der Waals surface area (Å²) in [5, 5.41) is 0. The number of amides is 1. The molecule has 1 aliphatic rings. The number of piperidine rings is 1. The van der Waals surface area contributed by atoms with Crippen LogP contribution in [0.1, 0.15) is 24.4 Å². The second-order valence-corrected chi connectivity index (χ2v) is 5.14. The van der Waals surface area contributed by atoms with E-state index in [9.17, 15) is 4.79 Å². The van der Waals surface area contributed by atoms with Gasteiger partial charge in [-0.3, -0.25) is 4.79 Å². The standard InChI is InChI=1S/C15H22N2O2/c1-19-11-12-6-5-9-17(10-12)15(18)14(16)13-7-3-2-4-8-13/h2-4,7-8,12,14H,5-6,9-11,16H2,1H3/t12-,14-/m1/s1. The van der Waals surface area contributed by atoms with E-state index in [2.05, 4.69) is 0 Å². The number of rotatable bonds is 4. The molecule has 1 aliphatic heterocycles. The lowest BCUT2D eigenvalue weighted by Gasteiger charge is -2.34. The summed E-state index contributed by atoms with van der Waals surface area (Å²) in [5.41, 5.74) is 6.94. The monoisotopic (exact) mass is 262 g/mol. The summed E-state index contributed by atoms with van der Waals surface area (Å²) in [5.74, 6) is 0.456. The zero-order chi connectivity index (χ0) is 13.7. The average Bonchev–Trinajstić information content (AvgIpc) is 2.47. The van der Waals surface area contributed by atoms with E-state index in [-0.39, 0.29) is 5.91 Å². The Bertz CT molecular complexity index is 406. The Morgan fingerprint density at radius 1 is 1.47 bits per heavy atom. The number of hydrogen-bond donors (Lipinski definition) is 1. The van der Waals surface area contributed by atoms with Crippen LogP contribution in [-0.2, 0) is 9.53 Å². The van der Waals surface area contributed by atoms with Crippen LogP contribution in [0.15, 0.2) is 30.3 Å². The summed E-state index contributed by atoms with van der Waals surface area (Å²) >= 11 is 0. The van der Waals surface area contributed by atoms with Gasteiger partial charge in [-0.2, -0.15) is 0 Å². The summed E-state index contributed by atoms with van der Waals surface area (Å²) < 4.78 is 5.19. The summed E-state index contributed by atoms with van der Waals surface area (Å²) in [6.07, 6.45) is 2.15. The Morgan fingerprint density at radius 2 is 2.21 bits per heavy atom. The third-order valence-corrected chi connectivity index (χ3v) is 3.66. The van der Waals surface area contributed by atoms with Gasteiger partial charge in [0.05, 0.1) is 6.61 Å². The predicted molar refractivity (Wildman–Crippen MR) is 74.6 cm³/mol. The summed E-state index contributed by atoms with van der Waals surface area (Å²) in [7, 11) is 1.70. The molecule has 19 heavy (non-hydrogen) atoms. The van der Waals surface area contributed by atoms with Crippen molar-refractivity contribution in [2.45, 2.75) is 18.9 Å². The fourth-order valence-corrected chi connectivity index (χ4v) is 2.64. The molecule has 1 aromatic carbocycles. The fraction of sp³-hybridized carbons (Fsp3) is 0.533. The van der Waals surface area contributed by atoms with Crippen molar-refractivity contribution in [3.05, 3.63) is 35.9 Å². The molecule has 104 valence electrons. The molecule has 4 heteroatoms.